The second-order valence-corrected chi connectivity index (χ2v) is 7.90. The molecule has 1 aromatic carbocycles. The molecule has 10 heteroatoms. The van der Waals surface area contributed by atoms with Crippen molar-refractivity contribution in [2.24, 2.45) is 10.7 Å². The molecular formula is C22H28N6O4. The number of unbranched alkanes of at least 4 members (excludes halogenated alkanes) is 3. The Morgan fingerprint density at radius 3 is 2.88 bits per heavy atom. The summed E-state index contributed by atoms with van der Waals surface area (Å²) in [6.07, 6.45) is 9.78. The third-order valence-corrected chi connectivity index (χ3v) is 5.67. The second kappa shape index (κ2) is 9.71. The molecule has 0 bridgehead atoms. The van der Waals surface area contributed by atoms with Crippen LogP contribution in [0.1, 0.15) is 37.7 Å². The van der Waals surface area contributed by atoms with E-state index in [0.717, 1.165) is 37.8 Å². The predicted octanol–water partition coefficient (Wildman–Crippen LogP) is 1.71. The number of guanidine groups is 1. The van der Waals surface area contributed by atoms with Crippen LogP contribution in [0.25, 0.3) is 0 Å². The van der Waals surface area contributed by atoms with Gasteiger partial charge >= 0.3 is 0 Å². The Hall–Kier alpha value is -3.56. The lowest BCUT2D eigenvalue weighted by molar-refractivity contribution is -0.126. The van der Waals surface area contributed by atoms with E-state index in [9.17, 15) is 9.59 Å². The third kappa shape index (κ3) is 4.68. The van der Waals surface area contributed by atoms with Crippen LogP contribution in [0, 0.1) is 0 Å². The quantitative estimate of drug-likeness (QED) is 0.513. The van der Waals surface area contributed by atoms with E-state index >= 15 is 0 Å². The van der Waals surface area contributed by atoms with Crippen molar-refractivity contribution in [3.63, 3.8) is 0 Å². The number of amides is 2. The number of carbonyl (C=O) groups is 2. The van der Waals surface area contributed by atoms with Gasteiger partial charge in [-0.2, -0.15) is 0 Å². The van der Waals surface area contributed by atoms with Crippen LogP contribution in [-0.2, 0) is 22.7 Å². The van der Waals surface area contributed by atoms with Crippen LogP contribution in [0.5, 0.6) is 11.5 Å². The molecule has 0 aliphatic carbocycles. The van der Waals surface area contributed by atoms with Gasteiger partial charge in [0.15, 0.2) is 11.5 Å². The van der Waals surface area contributed by atoms with Crippen molar-refractivity contribution in [1.82, 2.24) is 19.8 Å². The molecule has 0 spiro atoms. The molecule has 0 saturated carbocycles. The van der Waals surface area contributed by atoms with Gasteiger partial charge < -0.3 is 24.7 Å². The number of imidazole rings is 1. The molecule has 4 rings (SSSR count). The van der Waals surface area contributed by atoms with Crippen LogP contribution in [0.4, 0.5) is 5.69 Å². The zero-order valence-electron chi connectivity index (χ0n) is 18.1. The van der Waals surface area contributed by atoms with Crippen molar-refractivity contribution in [1.29, 1.82) is 0 Å². The summed E-state index contributed by atoms with van der Waals surface area (Å²) in [6.45, 7) is 1.94. The number of hydrogen-bond acceptors (Lipinski definition) is 7. The summed E-state index contributed by atoms with van der Waals surface area (Å²) in [6, 6.07) is 3.03. The Labute approximate surface area is 186 Å². The van der Waals surface area contributed by atoms with E-state index in [0.29, 0.717) is 36.3 Å². The average Bonchev–Trinajstić information content (AvgIpc) is 3.39. The number of benzene rings is 1. The standard InChI is InChI=1S/C22H28N6O4/c1-31-20-15-13-28-17(12-19(23)29)21(30)26-22(28)25-16(15)6-7-18(20)32-11-5-3-2-4-9-27-10-8-24-14-27/h6-8,10,14,17H,2-5,9,11-13H2,1H3,(H2,23,29)(H,25,26,30). The number of carbonyl (C=O) groups excluding carboxylic acids is 2. The van der Waals surface area contributed by atoms with Gasteiger partial charge in [0.2, 0.25) is 17.8 Å². The number of fused-ring (bicyclic) bond motifs is 2. The summed E-state index contributed by atoms with van der Waals surface area (Å²) in [5, 5.41) is 2.72. The van der Waals surface area contributed by atoms with Crippen molar-refractivity contribution in [3.8, 4) is 11.5 Å². The van der Waals surface area contributed by atoms with Gasteiger partial charge in [-0.05, 0) is 25.0 Å². The molecule has 1 fully saturated rings. The van der Waals surface area contributed by atoms with Crippen LogP contribution >= 0.6 is 0 Å². The first kappa shape index (κ1) is 21.7. The highest BCUT2D eigenvalue weighted by Crippen LogP contribution is 2.41. The third-order valence-electron chi connectivity index (χ3n) is 5.67. The molecule has 3 N–H and O–H groups in total. The first-order valence-electron chi connectivity index (χ1n) is 10.8. The summed E-state index contributed by atoms with van der Waals surface area (Å²) in [5.41, 5.74) is 6.85. The number of nitrogens with one attached hydrogen (secondary N) is 1. The summed E-state index contributed by atoms with van der Waals surface area (Å²) < 4.78 is 13.7. The van der Waals surface area contributed by atoms with Crippen molar-refractivity contribution in [2.45, 2.75) is 51.2 Å². The predicted molar refractivity (Wildman–Crippen MR) is 118 cm³/mol. The second-order valence-electron chi connectivity index (χ2n) is 7.90. The zero-order valence-corrected chi connectivity index (χ0v) is 18.1. The van der Waals surface area contributed by atoms with Gasteiger partial charge in [-0.25, -0.2) is 9.98 Å². The van der Waals surface area contributed by atoms with Crippen molar-refractivity contribution >= 4 is 23.5 Å². The first-order chi connectivity index (χ1) is 15.6. The highest BCUT2D eigenvalue weighted by atomic mass is 16.5. The van der Waals surface area contributed by atoms with Crippen LogP contribution in [0.3, 0.4) is 0 Å². The maximum atomic E-state index is 12.3. The SMILES string of the molecule is COc1c(OCCCCCCn2ccnc2)ccc2c1CN1C(=N2)NC(=O)C1CC(N)=O. The monoisotopic (exact) mass is 440 g/mol. The number of hydrogen-bond donors (Lipinski definition) is 2. The number of primary amides is 1. The highest BCUT2D eigenvalue weighted by Gasteiger charge is 2.40. The van der Waals surface area contributed by atoms with Crippen molar-refractivity contribution in [3.05, 3.63) is 36.4 Å². The number of aryl methyl sites for hydroxylation is 1. The number of nitrogens with zero attached hydrogens (tertiary/aromatic N) is 4. The van der Waals surface area contributed by atoms with Crippen molar-refractivity contribution in [2.75, 3.05) is 13.7 Å². The minimum absolute atomic E-state index is 0.0699. The molecule has 2 aromatic rings. The summed E-state index contributed by atoms with van der Waals surface area (Å²) >= 11 is 0. The fraction of sp³-hybridized carbons (Fsp3) is 0.455. The number of methoxy groups -OCH3 is 1. The maximum Gasteiger partial charge on any atom is 0.250 e. The van der Waals surface area contributed by atoms with Gasteiger partial charge in [-0.15, -0.1) is 0 Å². The topological polar surface area (TPSA) is 124 Å². The van der Waals surface area contributed by atoms with E-state index in [1.54, 1.807) is 18.2 Å². The number of nitrogens with two attached hydrogens (primary N) is 1. The molecule has 2 amide bonds. The lowest BCUT2D eigenvalue weighted by atomic mass is 10.1. The van der Waals surface area contributed by atoms with E-state index in [1.165, 1.54) is 0 Å². The molecule has 1 unspecified atom stereocenters. The van der Waals surface area contributed by atoms with E-state index in [4.69, 9.17) is 15.2 Å². The Kier molecular flexibility index (Phi) is 6.58. The molecular weight excluding hydrogens is 412 g/mol. The fourth-order valence-corrected chi connectivity index (χ4v) is 4.05. The van der Waals surface area contributed by atoms with Gasteiger partial charge in [0.25, 0.3) is 0 Å². The van der Waals surface area contributed by atoms with Crippen molar-refractivity contribution < 1.29 is 19.1 Å². The molecule has 2 aliphatic rings. The lowest BCUT2D eigenvalue weighted by Gasteiger charge is -2.29. The molecule has 10 nitrogen and oxygen atoms in total. The smallest absolute Gasteiger partial charge is 0.250 e. The van der Waals surface area contributed by atoms with Gasteiger partial charge in [0.05, 0.1) is 38.7 Å². The molecule has 1 aromatic heterocycles. The Morgan fingerprint density at radius 2 is 2.12 bits per heavy atom. The van der Waals surface area contributed by atoms with E-state index in [1.807, 2.05) is 24.7 Å². The van der Waals surface area contributed by atoms with Crippen LogP contribution in [-0.4, -0.2) is 52.0 Å². The Bertz CT molecular complexity index is 1000. The average molecular weight is 441 g/mol. The molecule has 170 valence electrons. The normalized spacial score (nSPS) is 16.8. The lowest BCUT2D eigenvalue weighted by Crippen LogP contribution is -2.39. The number of ether oxygens (including phenoxy) is 2. The largest absolute Gasteiger partial charge is 0.492 e. The van der Waals surface area contributed by atoms with Crippen LogP contribution < -0.4 is 20.5 Å². The van der Waals surface area contributed by atoms with Crippen LogP contribution in [0.15, 0.2) is 35.8 Å². The molecule has 1 saturated heterocycles. The zero-order chi connectivity index (χ0) is 22.5. The summed E-state index contributed by atoms with van der Waals surface area (Å²) in [4.78, 5) is 34.0. The number of rotatable bonds is 11. The molecule has 0 radical (unpaired) electrons. The summed E-state index contributed by atoms with van der Waals surface area (Å²) in [7, 11) is 1.59. The summed E-state index contributed by atoms with van der Waals surface area (Å²) in [5.74, 6) is 0.862. The Morgan fingerprint density at radius 1 is 1.28 bits per heavy atom. The fourth-order valence-electron chi connectivity index (χ4n) is 4.05. The first-order valence-corrected chi connectivity index (χ1v) is 10.8. The number of aromatic nitrogens is 2. The molecule has 1 atom stereocenters. The minimum Gasteiger partial charge on any atom is -0.492 e. The molecule has 2 aliphatic heterocycles. The maximum absolute atomic E-state index is 12.3. The minimum atomic E-state index is -0.670. The van der Waals surface area contributed by atoms with Gasteiger partial charge in [0, 0.05) is 24.5 Å². The Balaban J connectivity index is 1.34. The van der Waals surface area contributed by atoms with E-state index < -0.39 is 11.9 Å². The van der Waals surface area contributed by atoms with Crippen LogP contribution in [0.2, 0.25) is 0 Å². The van der Waals surface area contributed by atoms with Gasteiger partial charge in [0.1, 0.15) is 6.04 Å². The van der Waals surface area contributed by atoms with Gasteiger partial charge in [-0.1, -0.05) is 12.8 Å². The molecule has 3 heterocycles. The number of aliphatic imine (C=N–C) groups is 1. The molecule has 32 heavy (non-hydrogen) atoms. The van der Waals surface area contributed by atoms with E-state index in [-0.39, 0.29) is 12.3 Å². The highest BCUT2D eigenvalue weighted by molar-refractivity contribution is 6.09. The van der Waals surface area contributed by atoms with E-state index in [2.05, 4.69) is 19.9 Å². The van der Waals surface area contributed by atoms with Gasteiger partial charge in [-0.3, -0.25) is 14.9 Å².